The highest BCUT2D eigenvalue weighted by Gasteiger charge is 2.40. The Morgan fingerprint density at radius 2 is 1.88 bits per heavy atom. The lowest BCUT2D eigenvalue weighted by Gasteiger charge is -2.39. The molecule has 0 radical (unpaired) electrons. The first-order chi connectivity index (χ1) is 8.22. The van der Waals surface area contributed by atoms with Gasteiger partial charge in [0.2, 0.25) is 0 Å². The number of carbonyl (C=O) groups excluding carboxylic acids is 1. The zero-order valence-electron chi connectivity index (χ0n) is 10.9. The Morgan fingerprint density at radius 3 is 2.53 bits per heavy atom. The minimum Gasteiger partial charge on any atom is -0.306 e. The molecular formula is C14H24N2O. The summed E-state index contributed by atoms with van der Waals surface area (Å²) >= 11 is 0. The molecule has 0 N–H and O–H groups in total. The van der Waals surface area contributed by atoms with E-state index >= 15 is 0 Å². The fourth-order valence-corrected chi connectivity index (χ4v) is 4.08. The fraction of sp³-hybridized carbons (Fsp3) is 0.929. The molecule has 3 aliphatic rings. The molecule has 3 aliphatic heterocycles. The largest absolute Gasteiger partial charge is 0.306 e. The highest BCUT2D eigenvalue weighted by atomic mass is 16.1. The van der Waals surface area contributed by atoms with Crippen molar-refractivity contribution in [1.82, 2.24) is 9.80 Å². The number of ketones is 1. The lowest BCUT2D eigenvalue weighted by molar-refractivity contribution is -0.123. The summed E-state index contributed by atoms with van der Waals surface area (Å²) in [5.74, 6) is 1.35. The van der Waals surface area contributed by atoms with Crippen LogP contribution in [0.1, 0.15) is 38.5 Å². The molecule has 3 saturated heterocycles. The molecule has 3 heteroatoms. The van der Waals surface area contributed by atoms with E-state index in [-0.39, 0.29) is 0 Å². The molecule has 3 rings (SSSR count). The van der Waals surface area contributed by atoms with Gasteiger partial charge in [-0.1, -0.05) is 0 Å². The van der Waals surface area contributed by atoms with Gasteiger partial charge in [0, 0.05) is 38.0 Å². The van der Waals surface area contributed by atoms with E-state index in [0.29, 0.717) is 17.9 Å². The monoisotopic (exact) mass is 236 g/mol. The van der Waals surface area contributed by atoms with Crippen molar-refractivity contribution in [2.24, 2.45) is 5.92 Å². The van der Waals surface area contributed by atoms with E-state index in [4.69, 9.17) is 0 Å². The number of likely N-dealkylation sites (tertiary alicyclic amines) is 1. The van der Waals surface area contributed by atoms with Crippen molar-refractivity contribution < 1.29 is 4.79 Å². The number of hydrogen-bond acceptors (Lipinski definition) is 3. The van der Waals surface area contributed by atoms with Gasteiger partial charge in [-0.15, -0.1) is 0 Å². The van der Waals surface area contributed by atoms with Crippen molar-refractivity contribution >= 4 is 5.78 Å². The molecule has 0 amide bonds. The number of hydrogen-bond donors (Lipinski definition) is 0. The first-order valence-corrected chi connectivity index (χ1v) is 7.18. The van der Waals surface area contributed by atoms with Gasteiger partial charge < -0.3 is 4.90 Å². The van der Waals surface area contributed by atoms with Crippen molar-refractivity contribution in [2.45, 2.75) is 50.6 Å². The van der Waals surface area contributed by atoms with E-state index in [2.05, 4.69) is 16.8 Å². The number of rotatable bonds is 2. The van der Waals surface area contributed by atoms with Crippen molar-refractivity contribution in [3.8, 4) is 0 Å². The van der Waals surface area contributed by atoms with Gasteiger partial charge >= 0.3 is 0 Å². The van der Waals surface area contributed by atoms with Gasteiger partial charge in [-0.3, -0.25) is 9.69 Å². The molecule has 3 unspecified atom stereocenters. The van der Waals surface area contributed by atoms with Gasteiger partial charge in [-0.25, -0.2) is 0 Å². The van der Waals surface area contributed by atoms with Crippen LogP contribution in [0.3, 0.4) is 0 Å². The maximum absolute atomic E-state index is 11.6. The summed E-state index contributed by atoms with van der Waals surface area (Å²) in [5.41, 5.74) is 0. The van der Waals surface area contributed by atoms with Crippen LogP contribution in [0.25, 0.3) is 0 Å². The van der Waals surface area contributed by atoms with E-state index in [1.807, 2.05) is 0 Å². The van der Waals surface area contributed by atoms with Crippen LogP contribution in [-0.2, 0) is 4.79 Å². The molecule has 3 fully saturated rings. The second-order valence-electron chi connectivity index (χ2n) is 6.30. The molecule has 3 heterocycles. The van der Waals surface area contributed by atoms with Crippen LogP contribution in [0.5, 0.6) is 0 Å². The molecule has 2 bridgehead atoms. The topological polar surface area (TPSA) is 23.6 Å². The lowest BCUT2D eigenvalue weighted by Crippen LogP contribution is -2.47. The van der Waals surface area contributed by atoms with Crippen molar-refractivity contribution in [2.75, 3.05) is 26.7 Å². The van der Waals surface area contributed by atoms with Crippen molar-refractivity contribution in [1.29, 1.82) is 0 Å². The Hall–Kier alpha value is -0.410. The maximum Gasteiger partial charge on any atom is 0.136 e. The third-order valence-corrected chi connectivity index (χ3v) is 4.89. The molecule has 3 nitrogen and oxygen atoms in total. The number of piperidine rings is 2. The zero-order valence-corrected chi connectivity index (χ0v) is 10.9. The Labute approximate surface area is 104 Å². The molecule has 0 aromatic carbocycles. The summed E-state index contributed by atoms with van der Waals surface area (Å²) in [5, 5.41) is 0. The van der Waals surface area contributed by atoms with Crippen LogP contribution in [0.15, 0.2) is 0 Å². The van der Waals surface area contributed by atoms with Crippen LogP contribution >= 0.6 is 0 Å². The molecule has 96 valence electrons. The predicted molar refractivity (Wildman–Crippen MR) is 68.0 cm³/mol. The SMILES string of the molecule is CN1CCCC(CN2C3CCC2CC(=O)C3)C1. The van der Waals surface area contributed by atoms with Gasteiger partial charge in [0.1, 0.15) is 5.78 Å². The van der Waals surface area contributed by atoms with Crippen molar-refractivity contribution in [3.63, 3.8) is 0 Å². The molecule has 0 aliphatic carbocycles. The van der Waals surface area contributed by atoms with Crippen LogP contribution < -0.4 is 0 Å². The molecule has 0 spiro atoms. The van der Waals surface area contributed by atoms with Crippen LogP contribution in [0.2, 0.25) is 0 Å². The average Bonchev–Trinajstić information content (AvgIpc) is 2.54. The van der Waals surface area contributed by atoms with E-state index in [9.17, 15) is 4.79 Å². The Balaban J connectivity index is 1.60. The summed E-state index contributed by atoms with van der Waals surface area (Å²) < 4.78 is 0. The second-order valence-corrected chi connectivity index (χ2v) is 6.30. The smallest absolute Gasteiger partial charge is 0.136 e. The van der Waals surface area contributed by atoms with E-state index in [1.54, 1.807) is 0 Å². The molecular weight excluding hydrogens is 212 g/mol. The van der Waals surface area contributed by atoms with Crippen molar-refractivity contribution in [3.05, 3.63) is 0 Å². The molecule has 17 heavy (non-hydrogen) atoms. The Kier molecular flexibility index (Phi) is 3.22. The normalized spacial score (nSPS) is 39.8. The molecule has 0 aromatic heterocycles. The Bertz CT molecular complexity index is 289. The number of fused-ring (bicyclic) bond motifs is 2. The highest BCUT2D eigenvalue weighted by Crippen LogP contribution is 2.35. The first-order valence-electron chi connectivity index (χ1n) is 7.18. The molecule has 3 atom stereocenters. The minimum absolute atomic E-state index is 0.509. The Morgan fingerprint density at radius 1 is 1.18 bits per heavy atom. The summed E-state index contributed by atoms with van der Waals surface area (Å²) in [7, 11) is 2.24. The third kappa shape index (κ3) is 2.41. The van der Waals surface area contributed by atoms with Gasteiger partial charge in [-0.2, -0.15) is 0 Å². The van der Waals surface area contributed by atoms with Gasteiger partial charge in [0.25, 0.3) is 0 Å². The average molecular weight is 236 g/mol. The van der Waals surface area contributed by atoms with Crippen LogP contribution in [0.4, 0.5) is 0 Å². The molecule has 0 aromatic rings. The predicted octanol–water partition coefficient (Wildman–Crippen LogP) is 1.52. The van der Waals surface area contributed by atoms with Crippen LogP contribution in [0, 0.1) is 5.92 Å². The first kappa shape index (κ1) is 11.7. The van der Waals surface area contributed by atoms with E-state index < -0.39 is 0 Å². The van der Waals surface area contributed by atoms with Gasteiger partial charge in [-0.05, 0) is 45.2 Å². The zero-order chi connectivity index (χ0) is 11.8. The third-order valence-electron chi connectivity index (χ3n) is 4.89. The minimum atomic E-state index is 0.509. The summed E-state index contributed by atoms with van der Waals surface area (Å²) in [6.45, 7) is 3.76. The summed E-state index contributed by atoms with van der Waals surface area (Å²) in [4.78, 5) is 16.7. The maximum atomic E-state index is 11.6. The lowest BCUT2D eigenvalue weighted by atomic mass is 9.94. The van der Waals surface area contributed by atoms with E-state index in [1.165, 1.54) is 45.3 Å². The number of nitrogens with zero attached hydrogens (tertiary/aromatic N) is 2. The standard InChI is InChI=1S/C14H24N2O/c1-15-6-2-3-11(9-15)10-16-12-4-5-13(16)8-14(17)7-12/h11-13H,2-10H2,1H3. The second kappa shape index (κ2) is 4.69. The van der Waals surface area contributed by atoms with Gasteiger partial charge in [0.05, 0.1) is 0 Å². The summed E-state index contributed by atoms with van der Waals surface area (Å²) in [6.07, 6.45) is 6.92. The quantitative estimate of drug-likeness (QED) is 0.726. The van der Waals surface area contributed by atoms with E-state index in [0.717, 1.165) is 18.8 Å². The fourth-order valence-electron chi connectivity index (χ4n) is 4.08. The molecule has 0 saturated carbocycles. The van der Waals surface area contributed by atoms with Crippen LogP contribution in [-0.4, -0.2) is 54.3 Å². The number of carbonyl (C=O) groups is 1. The number of Topliss-reactive ketones (excluding diaryl/α,β-unsaturated/α-hetero) is 1. The summed E-state index contributed by atoms with van der Waals surface area (Å²) in [6, 6.07) is 1.18. The van der Waals surface area contributed by atoms with Gasteiger partial charge in [0.15, 0.2) is 0 Å². The highest BCUT2D eigenvalue weighted by molar-refractivity contribution is 5.80.